The highest BCUT2D eigenvalue weighted by atomic mass is 16.3. The number of aliphatic hydroxyl groups excluding tert-OH is 1. The summed E-state index contributed by atoms with van der Waals surface area (Å²) in [6, 6.07) is 0.0408. The van der Waals surface area contributed by atoms with Crippen LogP contribution in [-0.2, 0) is 4.79 Å². The second-order valence-corrected chi connectivity index (χ2v) is 5.32. The van der Waals surface area contributed by atoms with E-state index in [0.717, 1.165) is 51.7 Å². The third-order valence-electron chi connectivity index (χ3n) is 4.20. The maximum absolute atomic E-state index is 12.0. The number of aliphatic hydroxyl groups is 1. The van der Waals surface area contributed by atoms with Gasteiger partial charge in [0.1, 0.15) is 0 Å². The molecule has 2 saturated heterocycles. The molecular formula is C13H24N2O2. The van der Waals surface area contributed by atoms with E-state index in [1.54, 1.807) is 0 Å². The number of nitrogens with one attached hydrogen (secondary N) is 1. The lowest BCUT2D eigenvalue weighted by molar-refractivity contribution is -0.128. The molecular weight excluding hydrogens is 216 g/mol. The van der Waals surface area contributed by atoms with Crippen LogP contribution in [-0.4, -0.2) is 47.7 Å². The number of hydrogen-bond acceptors (Lipinski definition) is 3. The molecule has 0 aliphatic carbocycles. The largest absolute Gasteiger partial charge is 0.393 e. The smallest absolute Gasteiger partial charge is 0.237 e. The van der Waals surface area contributed by atoms with Crippen LogP contribution in [0.2, 0.25) is 0 Å². The van der Waals surface area contributed by atoms with Gasteiger partial charge in [0.25, 0.3) is 0 Å². The van der Waals surface area contributed by atoms with Gasteiger partial charge in [-0.2, -0.15) is 0 Å². The number of hydrogen-bond donors (Lipinski definition) is 2. The Kier molecular flexibility index (Phi) is 4.40. The van der Waals surface area contributed by atoms with Crippen molar-refractivity contribution in [3.8, 4) is 0 Å². The van der Waals surface area contributed by atoms with Gasteiger partial charge in [-0.25, -0.2) is 0 Å². The molecule has 0 aromatic carbocycles. The van der Waals surface area contributed by atoms with Crippen LogP contribution < -0.4 is 5.32 Å². The average Bonchev–Trinajstić information content (AvgIpc) is 2.55. The number of carbonyl (C=O) groups is 1. The summed E-state index contributed by atoms with van der Waals surface area (Å²) in [4.78, 5) is 14.3. The van der Waals surface area contributed by atoms with E-state index in [1.165, 1.54) is 0 Å². The Hall–Kier alpha value is -0.610. The van der Waals surface area contributed by atoms with Crippen molar-refractivity contribution in [2.45, 2.75) is 51.2 Å². The molecule has 0 radical (unpaired) electrons. The van der Waals surface area contributed by atoms with E-state index in [-0.39, 0.29) is 18.1 Å². The summed E-state index contributed by atoms with van der Waals surface area (Å²) in [5, 5.41) is 12.9. The van der Waals surface area contributed by atoms with Gasteiger partial charge in [-0.05, 0) is 38.0 Å². The second-order valence-electron chi connectivity index (χ2n) is 5.32. The zero-order valence-corrected chi connectivity index (χ0v) is 10.7. The van der Waals surface area contributed by atoms with E-state index in [0.29, 0.717) is 5.92 Å². The Labute approximate surface area is 103 Å². The zero-order valence-electron chi connectivity index (χ0n) is 10.7. The fourth-order valence-corrected chi connectivity index (χ4v) is 3.00. The number of carbonyl (C=O) groups excluding carboxylic acids is 1. The highest BCUT2D eigenvalue weighted by molar-refractivity contribution is 5.81. The first-order chi connectivity index (χ1) is 8.22. The number of nitrogens with zero attached hydrogens (tertiary/aromatic N) is 1. The summed E-state index contributed by atoms with van der Waals surface area (Å²) in [6.45, 7) is 4.67. The van der Waals surface area contributed by atoms with E-state index < -0.39 is 0 Å². The Balaban J connectivity index is 1.98. The number of likely N-dealkylation sites (tertiary alicyclic amines) is 1. The van der Waals surface area contributed by atoms with Gasteiger partial charge in [0.15, 0.2) is 0 Å². The molecule has 98 valence electrons. The fraction of sp³-hybridized carbons (Fsp3) is 0.923. The molecule has 0 aromatic heterocycles. The third-order valence-corrected chi connectivity index (χ3v) is 4.20. The standard InChI is InChI=1S/C13H24N2O2/c1-2-10-9-15(8-6-12(10)16)11-5-3-4-7-14-13(11)17/h10-12,16H,2-9H2,1H3,(H,14,17). The minimum atomic E-state index is -0.176. The van der Waals surface area contributed by atoms with E-state index >= 15 is 0 Å². The Morgan fingerprint density at radius 1 is 1.41 bits per heavy atom. The van der Waals surface area contributed by atoms with Crippen LogP contribution in [0.3, 0.4) is 0 Å². The molecule has 0 saturated carbocycles. The molecule has 2 aliphatic rings. The first-order valence-corrected chi connectivity index (χ1v) is 6.92. The van der Waals surface area contributed by atoms with Crippen molar-refractivity contribution >= 4 is 5.91 Å². The summed E-state index contributed by atoms with van der Waals surface area (Å²) < 4.78 is 0. The molecule has 2 aliphatic heterocycles. The second kappa shape index (κ2) is 5.83. The van der Waals surface area contributed by atoms with Gasteiger partial charge in [-0.3, -0.25) is 9.69 Å². The Bertz CT molecular complexity index is 270. The topological polar surface area (TPSA) is 52.6 Å². The average molecular weight is 240 g/mol. The Morgan fingerprint density at radius 3 is 3.00 bits per heavy atom. The van der Waals surface area contributed by atoms with Crippen LogP contribution in [0, 0.1) is 5.92 Å². The predicted molar refractivity (Wildman–Crippen MR) is 66.6 cm³/mol. The molecule has 3 atom stereocenters. The molecule has 2 N–H and O–H groups in total. The van der Waals surface area contributed by atoms with Gasteiger partial charge in [0, 0.05) is 19.6 Å². The van der Waals surface area contributed by atoms with Crippen molar-refractivity contribution in [1.82, 2.24) is 10.2 Å². The predicted octanol–water partition coefficient (Wildman–Crippen LogP) is 0.748. The van der Waals surface area contributed by atoms with Gasteiger partial charge in [-0.1, -0.05) is 6.92 Å². The number of rotatable bonds is 2. The molecule has 4 nitrogen and oxygen atoms in total. The molecule has 2 fully saturated rings. The third kappa shape index (κ3) is 2.99. The van der Waals surface area contributed by atoms with Crippen LogP contribution in [0.1, 0.15) is 39.0 Å². The van der Waals surface area contributed by atoms with Crippen LogP contribution in [0.5, 0.6) is 0 Å². The lowest BCUT2D eigenvalue weighted by Gasteiger charge is -2.39. The quantitative estimate of drug-likeness (QED) is 0.749. The minimum Gasteiger partial charge on any atom is -0.393 e. The van der Waals surface area contributed by atoms with E-state index in [1.807, 2.05) is 0 Å². The number of amides is 1. The summed E-state index contributed by atoms with van der Waals surface area (Å²) in [5.41, 5.74) is 0. The minimum absolute atomic E-state index is 0.0408. The molecule has 2 rings (SSSR count). The van der Waals surface area contributed by atoms with E-state index in [2.05, 4.69) is 17.1 Å². The monoisotopic (exact) mass is 240 g/mol. The van der Waals surface area contributed by atoms with Gasteiger partial charge in [-0.15, -0.1) is 0 Å². The van der Waals surface area contributed by atoms with E-state index in [9.17, 15) is 9.90 Å². The van der Waals surface area contributed by atoms with Crippen LogP contribution in [0.15, 0.2) is 0 Å². The lowest BCUT2D eigenvalue weighted by atomic mass is 9.91. The molecule has 0 bridgehead atoms. The van der Waals surface area contributed by atoms with Crippen LogP contribution in [0.4, 0.5) is 0 Å². The summed E-state index contributed by atoms with van der Waals surface area (Å²) in [6.07, 6.45) is 4.81. The van der Waals surface area contributed by atoms with Crippen LogP contribution in [0.25, 0.3) is 0 Å². The van der Waals surface area contributed by atoms with Gasteiger partial charge < -0.3 is 10.4 Å². The first-order valence-electron chi connectivity index (χ1n) is 6.92. The van der Waals surface area contributed by atoms with Gasteiger partial charge >= 0.3 is 0 Å². The molecule has 3 unspecified atom stereocenters. The Morgan fingerprint density at radius 2 is 2.24 bits per heavy atom. The van der Waals surface area contributed by atoms with Crippen molar-refractivity contribution in [2.75, 3.05) is 19.6 Å². The van der Waals surface area contributed by atoms with E-state index in [4.69, 9.17) is 0 Å². The molecule has 17 heavy (non-hydrogen) atoms. The van der Waals surface area contributed by atoms with Crippen molar-refractivity contribution in [2.24, 2.45) is 5.92 Å². The summed E-state index contributed by atoms with van der Waals surface area (Å²) in [7, 11) is 0. The molecule has 0 aromatic rings. The zero-order chi connectivity index (χ0) is 12.3. The normalized spacial score (nSPS) is 36.4. The maximum atomic E-state index is 12.0. The fourth-order valence-electron chi connectivity index (χ4n) is 3.00. The SMILES string of the molecule is CCC1CN(C2CCCCNC2=O)CCC1O. The lowest BCUT2D eigenvalue weighted by Crippen LogP contribution is -2.52. The summed E-state index contributed by atoms with van der Waals surface area (Å²) >= 11 is 0. The van der Waals surface area contributed by atoms with Crippen molar-refractivity contribution in [3.63, 3.8) is 0 Å². The van der Waals surface area contributed by atoms with Crippen molar-refractivity contribution < 1.29 is 9.90 Å². The van der Waals surface area contributed by atoms with Crippen molar-refractivity contribution in [1.29, 1.82) is 0 Å². The molecule has 2 heterocycles. The van der Waals surface area contributed by atoms with Crippen molar-refractivity contribution in [3.05, 3.63) is 0 Å². The van der Waals surface area contributed by atoms with Crippen LogP contribution >= 0.6 is 0 Å². The molecule has 0 spiro atoms. The summed E-state index contributed by atoms with van der Waals surface area (Å²) in [5.74, 6) is 0.522. The molecule has 4 heteroatoms. The maximum Gasteiger partial charge on any atom is 0.237 e. The number of piperidine rings is 1. The highest BCUT2D eigenvalue weighted by Crippen LogP contribution is 2.24. The molecule has 1 amide bonds. The highest BCUT2D eigenvalue weighted by Gasteiger charge is 2.33. The van der Waals surface area contributed by atoms with Gasteiger partial charge in [0.2, 0.25) is 5.91 Å². The van der Waals surface area contributed by atoms with Gasteiger partial charge in [0.05, 0.1) is 12.1 Å². The first kappa shape index (κ1) is 12.8.